The monoisotopic (exact) mass is 672 g/mol. The molecule has 0 bridgehead atoms. The second kappa shape index (κ2) is 12.7. The molecule has 0 amide bonds. The number of nitrogens with zero attached hydrogens (tertiary/aromatic N) is 8. The normalized spacial score (nSPS) is 11.4. The van der Waals surface area contributed by atoms with Crippen LogP contribution in [-0.2, 0) is 6.42 Å². The maximum absolute atomic E-state index is 13.3. The van der Waals surface area contributed by atoms with Crippen molar-refractivity contribution in [1.29, 1.82) is 0 Å². The predicted octanol–water partition coefficient (Wildman–Crippen LogP) is 6.06. The van der Waals surface area contributed by atoms with Crippen LogP contribution in [-0.4, -0.2) is 50.1 Å². The average molecular weight is 673 g/mol. The first-order valence-corrected chi connectivity index (χ1v) is 15.3. The summed E-state index contributed by atoms with van der Waals surface area (Å²) in [5.74, 6) is 6.89. The number of hydrogen-bond acceptors (Lipinski definition) is 10. The van der Waals surface area contributed by atoms with Gasteiger partial charge in [-0.25, -0.2) is 19.6 Å². The predicted molar refractivity (Wildman–Crippen MR) is 180 cm³/mol. The molecule has 9 rings (SSSR count). The van der Waals surface area contributed by atoms with Crippen LogP contribution >= 0.6 is 0 Å². The maximum Gasteiger partial charge on any atom is 0.306 e. The van der Waals surface area contributed by atoms with Gasteiger partial charge in [-0.1, -0.05) is 0 Å². The van der Waals surface area contributed by atoms with E-state index in [9.17, 15) is 13.9 Å². The number of rotatable bonds is 7. The number of aliphatic hydroxyl groups is 1. The molecule has 0 saturated carbocycles. The van der Waals surface area contributed by atoms with Crippen molar-refractivity contribution in [3.05, 3.63) is 128 Å². The zero-order valence-electron chi connectivity index (χ0n) is 26.0. The molecular formula is C35H26F2N10O3. The Kier molecular flexibility index (Phi) is 7.79. The van der Waals surface area contributed by atoms with Crippen molar-refractivity contribution in [2.75, 3.05) is 12.0 Å². The van der Waals surface area contributed by atoms with Crippen LogP contribution in [0.4, 0.5) is 14.6 Å². The van der Waals surface area contributed by atoms with Gasteiger partial charge in [-0.05, 0) is 72.8 Å². The second-order valence-electron chi connectivity index (χ2n) is 11.1. The molecule has 0 aliphatic heterocycles. The van der Waals surface area contributed by atoms with Crippen molar-refractivity contribution in [1.82, 2.24) is 38.4 Å². The fourth-order valence-electron chi connectivity index (χ4n) is 5.71. The highest BCUT2D eigenvalue weighted by molar-refractivity contribution is 5.82. The summed E-state index contributed by atoms with van der Waals surface area (Å²) in [6, 6.07) is 19.8. The summed E-state index contributed by atoms with van der Waals surface area (Å²) in [6.07, 6.45) is 10.7. The van der Waals surface area contributed by atoms with E-state index in [-0.39, 0.29) is 18.2 Å². The number of oxazole rings is 2. The van der Waals surface area contributed by atoms with Crippen molar-refractivity contribution in [2.45, 2.75) is 6.42 Å². The Balaban J connectivity index is 0.000000146. The van der Waals surface area contributed by atoms with Crippen LogP contribution < -0.4 is 11.3 Å². The molecule has 7 aromatic heterocycles. The van der Waals surface area contributed by atoms with Crippen LogP contribution in [0, 0.1) is 11.6 Å². The van der Waals surface area contributed by atoms with Crippen molar-refractivity contribution in [2.24, 2.45) is 5.84 Å². The number of nitrogens with one attached hydrogen (secondary N) is 1. The Labute approximate surface area is 280 Å². The third-order valence-electron chi connectivity index (χ3n) is 8.03. The van der Waals surface area contributed by atoms with E-state index in [0.717, 1.165) is 33.6 Å². The molecule has 9 aromatic rings. The number of nitrogens with two attached hydrogens (primary N) is 1. The molecule has 7 heterocycles. The van der Waals surface area contributed by atoms with Crippen LogP contribution in [0.5, 0.6) is 0 Å². The fourth-order valence-corrected chi connectivity index (χ4v) is 5.71. The lowest BCUT2D eigenvalue weighted by atomic mass is 10.1. The van der Waals surface area contributed by atoms with Crippen molar-refractivity contribution in [3.8, 4) is 45.0 Å². The number of hydrogen-bond donors (Lipinski definition) is 3. The summed E-state index contributed by atoms with van der Waals surface area (Å²) < 4.78 is 42.9. The molecule has 0 saturated heterocycles. The SMILES string of the molecule is NNc1ccc(-c2c(-c3ccc(F)cc3)nc3occn23)cn1.OCCc1nnc2ccc(-c3c(-c4ccc(F)cc4)nc4occn34)cn12. The molecule has 13 nitrogen and oxygen atoms in total. The maximum atomic E-state index is 13.3. The van der Waals surface area contributed by atoms with E-state index in [1.54, 1.807) is 61.4 Å². The van der Waals surface area contributed by atoms with Gasteiger partial charge in [-0.3, -0.25) is 13.2 Å². The highest BCUT2D eigenvalue weighted by Gasteiger charge is 2.20. The number of aromatic nitrogens is 8. The van der Waals surface area contributed by atoms with Gasteiger partial charge in [0.2, 0.25) is 0 Å². The zero-order chi connectivity index (χ0) is 34.2. The van der Waals surface area contributed by atoms with Gasteiger partial charge in [-0.2, -0.15) is 9.97 Å². The summed E-state index contributed by atoms with van der Waals surface area (Å²) >= 11 is 0. The molecule has 15 heteroatoms. The van der Waals surface area contributed by atoms with Crippen molar-refractivity contribution >= 4 is 23.2 Å². The molecule has 248 valence electrons. The highest BCUT2D eigenvalue weighted by Crippen LogP contribution is 2.35. The molecule has 0 spiro atoms. The van der Waals surface area contributed by atoms with E-state index in [0.29, 0.717) is 46.8 Å². The number of imidazole rings is 2. The minimum Gasteiger partial charge on any atom is -0.432 e. The van der Waals surface area contributed by atoms with Crippen LogP contribution in [0.2, 0.25) is 0 Å². The quantitative estimate of drug-likeness (QED) is 0.134. The van der Waals surface area contributed by atoms with Crippen LogP contribution in [0.1, 0.15) is 5.82 Å². The van der Waals surface area contributed by atoms with Gasteiger partial charge in [0.1, 0.15) is 47.2 Å². The van der Waals surface area contributed by atoms with E-state index < -0.39 is 0 Å². The van der Waals surface area contributed by atoms with E-state index in [1.807, 2.05) is 37.6 Å². The third-order valence-corrected chi connectivity index (χ3v) is 8.03. The van der Waals surface area contributed by atoms with E-state index in [4.69, 9.17) is 14.7 Å². The minimum absolute atomic E-state index is 0.00942. The lowest BCUT2D eigenvalue weighted by Crippen LogP contribution is -2.08. The number of aliphatic hydroxyl groups excluding tert-OH is 1. The Hall–Kier alpha value is -6.71. The number of fused-ring (bicyclic) bond motifs is 3. The lowest BCUT2D eigenvalue weighted by Gasteiger charge is -2.06. The van der Waals surface area contributed by atoms with Crippen LogP contribution in [0.25, 0.3) is 62.4 Å². The molecule has 0 atom stereocenters. The topological polar surface area (TPSA) is 162 Å². The number of pyridine rings is 2. The first kappa shape index (κ1) is 30.6. The molecular weight excluding hydrogens is 646 g/mol. The fraction of sp³-hybridized carbons (Fsp3) is 0.0571. The average Bonchev–Trinajstić information content (AvgIpc) is 3.97. The molecule has 0 aliphatic rings. The Morgan fingerprint density at radius 1 is 0.680 bits per heavy atom. The van der Waals surface area contributed by atoms with Gasteiger partial charge >= 0.3 is 11.7 Å². The minimum atomic E-state index is -0.303. The van der Waals surface area contributed by atoms with Gasteiger partial charge in [0.25, 0.3) is 0 Å². The Morgan fingerprint density at radius 2 is 1.24 bits per heavy atom. The van der Waals surface area contributed by atoms with Crippen molar-refractivity contribution < 1.29 is 22.7 Å². The van der Waals surface area contributed by atoms with Gasteiger partial charge in [0, 0.05) is 53.5 Å². The number of hydrazine groups is 1. The number of halogens is 2. The van der Waals surface area contributed by atoms with Gasteiger partial charge in [0.05, 0.1) is 18.0 Å². The molecule has 0 aliphatic carbocycles. The lowest BCUT2D eigenvalue weighted by molar-refractivity contribution is 0.296. The summed E-state index contributed by atoms with van der Waals surface area (Å²) in [5.41, 5.74) is 9.48. The third kappa shape index (κ3) is 5.51. The zero-order valence-corrected chi connectivity index (χ0v) is 26.0. The summed E-state index contributed by atoms with van der Waals surface area (Å²) in [4.78, 5) is 13.3. The summed E-state index contributed by atoms with van der Waals surface area (Å²) in [5, 5.41) is 17.5. The smallest absolute Gasteiger partial charge is 0.306 e. The molecule has 0 unspecified atom stereocenters. The van der Waals surface area contributed by atoms with Gasteiger partial charge < -0.3 is 19.4 Å². The summed E-state index contributed by atoms with van der Waals surface area (Å²) in [7, 11) is 0. The van der Waals surface area contributed by atoms with E-state index >= 15 is 0 Å². The Bertz CT molecular complexity index is 2570. The first-order chi connectivity index (χ1) is 24.5. The molecule has 0 fully saturated rings. The number of nitrogen functional groups attached to an aromatic ring is 1. The highest BCUT2D eigenvalue weighted by atomic mass is 19.1. The number of anilines is 1. The van der Waals surface area contributed by atoms with Crippen LogP contribution in [0.15, 0.2) is 119 Å². The van der Waals surface area contributed by atoms with E-state index in [1.165, 1.54) is 24.3 Å². The Morgan fingerprint density at radius 3 is 1.78 bits per heavy atom. The standard InChI is InChI=1S/C19H14FN5O2.C16H12FN5O/c20-14-4-1-12(2-5-14)17-18(24-8-10-27-19(24)21-17)13-3-6-15-22-23-16(7-9-26)25(15)11-13;17-12-4-1-10(2-5-12)14-15(22-7-8-23-16(22)20-14)11-3-6-13(21-18)19-9-11/h1-6,8,10-11,26H,7,9H2;1-9H,18H2,(H,19,21). The molecule has 50 heavy (non-hydrogen) atoms. The number of benzene rings is 2. The summed E-state index contributed by atoms with van der Waals surface area (Å²) in [6.45, 7) is -0.00942. The first-order valence-electron chi connectivity index (χ1n) is 15.3. The van der Waals surface area contributed by atoms with Crippen molar-refractivity contribution in [3.63, 3.8) is 0 Å². The van der Waals surface area contributed by atoms with E-state index in [2.05, 4.69) is 30.6 Å². The largest absolute Gasteiger partial charge is 0.432 e. The van der Waals surface area contributed by atoms with Crippen LogP contribution in [0.3, 0.4) is 0 Å². The van der Waals surface area contributed by atoms with Gasteiger partial charge in [0.15, 0.2) is 5.65 Å². The molecule has 4 N–H and O–H groups in total. The molecule has 0 radical (unpaired) electrons. The second-order valence-corrected chi connectivity index (χ2v) is 11.1. The molecule has 2 aromatic carbocycles. The van der Waals surface area contributed by atoms with Gasteiger partial charge in [-0.15, -0.1) is 10.2 Å².